The number of methoxy groups -OCH3 is 1. The van der Waals surface area contributed by atoms with E-state index in [-0.39, 0.29) is 11.7 Å². The van der Waals surface area contributed by atoms with Gasteiger partial charge in [-0.25, -0.2) is 4.39 Å². The van der Waals surface area contributed by atoms with E-state index >= 15 is 0 Å². The number of amides is 1. The van der Waals surface area contributed by atoms with E-state index in [1.54, 1.807) is 26.2 Å². The monoisotopic (exact) mass is 472 g/mol. The average Bonchev–Trinajstić information content (AvgIpc) is 3.29. The van der Waals surface area contributed by atoms with Gasteiger partial charge < -0.3 is 14.2 Å². The first kappa shape index (κ1) is 23.2. The van der Waals surface area contributed by atoms with E-state index in [1.807, 2.05) is 23.1 Å². The summed E-state index contributed by atoms with van der Waals surface area (Å²) in [5.41, 5.74) is 2.23. The number of aryl methyl sites for hydroxylation is 2. The summed E-state index contributed by atoms with van der Waals surface area (Å²) < 4.78 is 24.2. The van der Waals surface area contributed by atoms with Crippen molar-refractivity contribution in [1.29, 1.82) is 0 Å². The molecule has 0 saturated carbocycles. The van der Waals surface area contributed by atoms with E-state index in [4.69, 9.17) is 20.9 Å². The normalized spacial score (nSPS) is 14.5. The quantitative estimate of drug-likeness (QED) is 0.515. The smallest absolute Gasteiger partial charge is 0.227 e. The molecule has 4 rings (SSSR count). The van der Waals surface area contributed by atoms with Crippen molar-refractivity contribution < 1.29 is 18.4 Å². The number of nitrogens with zero attached hydrogens (tertiary/aromatic N) is 4. The largest absolute Gasteiger partial charge is 0.496 e. The number of piperazine rings is 1. The first-order valence-electron chi connectivity index (χ1n) is 10.8. The maximum absolute atomic E-state index is 13.5. The Morgan fingerprint density at radius 3 is 2.70 bits per heavy atom. The number of carbonyl (C=O) groups is 1. The third-order valence-electron chi connectivity index (χ3n) is 5.80. The Bertz CT molecular complexity index is 1130. The molecule has 1 amide bonds. The number of carbonyl (C=O) groups excluding carboxylic acids is 1. The van der Waals surface area contributed by atoms with E-state index < -0.39 is 0 Å². The van der Waals surface area contributed by atoms with Crippen LogP contribution in [0.2, 0.25) is 5.02 Å². The second-order valence-electron chi connectivity index (χ2n) is 8.09. The van der Waals surface area contributed by atoms with Crippen LogP contribution in [0.5, 0.6) is 5.75 Å². The fourth-order valence-corrected chi connectivity index (χ4v) is 4.09. The molecule has 0 bridgehead atoms. The van der Waals surface area contributed by atoms with Gasteiger partial charge in [-0.3, -0.25) is 9.69 Å². The van der Waals surface area contributed by atoms with Gasteiger partial charge in [0.15, 0.2) is 0 Å². The second-order valence-corrected chi connectivity index (χ2v) is 8.53. The molecule has 3 aromatic rings. The first-order valence-corrected chi connectivity index (χ1v) is 11.2. The van der Waals surface area contributed by atoms with Crippen LogP contribution in [-0.2, 0) is 17.8 Å². The Morgan fingerprint density at radius 1 is 1.18 bits per heavy atom. The Morgan fingerprint density at radius 2 is 1.97 bits per heavy atom. The van der Waals surface area contributed by atoms with Crippen LogP contribution in [0, 0.1) is 12.7 Å². The average molecular weight is 473 g/mol. The third kappa shape index (κ3) is 5.69. The standard InChI is InChI=1S/C24H26ClFN4O3/c1-16-13-17(3-5-20(16)26)24-27-22(33-28-24)7-8-23(31)30-11-9-29(10-12-30)15-18-14-19(25)4-6-21(18)32-2/h3-6,13-14H,7-12,15H2,1-2H3. The number of ether oxygens (including phenoxy) is 1. The highest BCUT2D eigenvalue weighted by Gasteiger charge is 2.22. The van der Waals surface area contributed by atoms with Crippen molar-refractivity contribution in [3.8, 4) is 17.1 Å². The Hall–Kier alpha value is -2.97. The van der Waals surface area contributed by atoms with Crippen LogP contribution in [0.15, 0.2) is 40.9 Å². The van der Waals surface area contributed by atoms with Crippen LogP contribution in [0.1, 0.15) is 23.4 Å². The predicted octanol–water partition coefficient (Wildman–Crippen LogP) is 4.12. The van der Waals surface area contributed by atoms with Crippen LogP contribution in [0.25, 0.3) is 11.4 Å². The molecular formula is C24H26ClFN4O3. The minimum atomic E-state index is -0.278. The molecule has 1 saturated heterocycles. The summed E-state index contributed by atoms with van der Waals surface area (Å²) in [4.78, 5) is 21.2. The van der Waals surface area contributed by atoms with Gasteiger partial charge in [-0.15, -0.1) is 0 Å². The maximum atomic E-state index is 13.5. The summed E-state index contributed by atoms with van der Waals surface area (Å²) in [5.74, 6) is 1.39. The first-order chi connectivity index (χ1) is 15.9. The molecule has 2 aromatic carbocycles. The van der Waals surface area contributed by atoms with Gasteiger partial charge in [0, 0.05) is 61.7 Å². The van der Waals surface area contributed by atoms with E-state index in [2.05, 4.69) is 15.0 Å². The van der Waals surface area contributed by atoms with Crippen LogP contribution < -0.4 is 4.74 Å². The van der Waals surface area contributed by atoms with Crippen LogP contribution in [-0.4, -0.2) is 59.1 Å². The summed E-state index contributed by atoms with van der Waals surface area (Å²) in [6.45, 7) is 5.27. The molecule has 1 aliphatic heterocycles. The number of benzene rings is 2. The zero-order valence-corrected chi connectivity index (χ0v) is 19.4. The Balaban J connectivity index is 1.26. The molecule has 9 heteroatoms. The molecule has 1 aliphatic rings. The number of halogens is 2. The third-order valence-corrected chi connectivity index (χ3v) is 6.03. The summed E-state index contributed by atoms with van der Waals surface area (Å²) >= 11 is 6.13. The number of rotatable bonds is 7. The minimum Gasteiger partial charge on any atom is -0.496 e. The summed E-state index contributed by atoms with van der Waals surface area (Å²) in [6, 6.07) is 10.3. The lowest BCUT2D eigenvalue weighted by Gasteiger charge is -2.35. The van der Waals surface area contributed by atoms with Gasteiger partial charge in [0.2, 0.25) is 17.6 Å². The fraction of sp³-hybridized carbons (Fsp3) is 0.375. The lowest BCUT2D eigenvalue weighted by atomic mass is 10.1. The molecular weight excluding hydrogens is 447 g/mol. The van der Waals surface area contributed by atoms with Gasteiger partial charge in [0.25, 0.3) is 0 Å². The number of hydrogen-bond acceptors (Lipinski definition) is 6. The lowest BCUT2D eigenvalue weighted by Crippen LogP contribution is -2.48. The van der Waals surface area contributed by atoms with Crippen molar-refractivity contribution in [3.05, 3.63) is 64.3 Å². The van der Waals surface area contributed by atoms with E-state index in [0.717, 1.165) is 30.9 Å². The molecule has 0 spiro atoms. The minimum absolute atomic E-state index is 0.0624. The fourth-order valence-electron chi connectivity index (χ4n) is 3.90. The summed E-state index contributed by atoms with van der Waals surface area (Å²) in [7, 11) is 1.65. The second kappa shape index (κ2) is 10.3. The molecule has 174 valence electrons. The van der Waals surface area contributed by atoms with Crippen molar-refractivity contribution in [1.82, 2.24) is 19.9 Å². The van der Waals surface area contributed by atoms with Crippen molar-refractivity contribution in [2.24, 2.45) is 0 Å². The highest BCUT2D eigenvalue weighted by atomic mass is 35.5. The van der Waals surface area contributed by atoms with Crippen LogP contribution >= 0.6 is 11.6 Å². The molecule has 33 heavy (non-hydrogen) atoms. The van der Waals surface area contributed by atoms with Crippen molar-refractivity contribution >= 4 is 17.5 Å². The molecule has 7 nitrogen and oxygen atoms in total. The lowest BCUT2D eigenvalue weighted by molar-refractivity contribution is -0.133. The van der Waals surface area contributed by atoms with E-state index in [0.29, 0.717) is 53.8 Å². The number of hydrogen-bond donors (Lipinski definition) is 0. The van der Waals surface area contributed by atoms with Crippen LogP contribution in [0.4, 0.5) is 4.39 Å². The van der Waals surface area contributed by atoms with Gasteiger partial charge in [-0.1, -0.05) is 16.8 Å². The molecule has 0 radical (unpaired) electrons. The van der Waals surface area contributed by atoms with E-state index in [1.165, 1.54) is 6.07 Å². The zero-order valence-electron chi connectivity index (χ0n) is 18.7. The Labute approximate surface area is 197 Å². The molecule has 0 atom stereocenters. The molecule has 1 fully saturated rings. The maximum Gasteiger partial charge on any atom is 0.227 e. The molecule has 1 aromatic heterocycles. The zero-order chi connectivity index (χ0) is 23.4. The molecule has 2 heterocycles. The van der Waals surface area contributed by atoms with Gasteiger partial charge in [0.1, 0.15) is 11.6 Å². The SMILES string of the molecule is COc1ccc(Cl)cc1CN1CCN(C(=O)CCc2nc(-c3ccc(F)c(C)c3)no2)CC1. The molecule has 0 unspecified atom stereocenters. The summed E-state index contributed by atoms with van der Waals surface area (Å²) in [5, 5.41) is 4.64. The van der Waals surface area contributed by atoms with Gasteiger partial charge >= 0.3 is 0 Å². The summed E-state index contributed by atoms with van der Waals surface area (Å²) in [6.07, 6.45) is 0.665. The van der Waals surface area contributed by atoms with Crippen molar-refractivity contribution in [3.63, 3.8) is 0 Å². The van der Waals surface area contributed by atoms with E-state index in [9.17, 15) is 9.18 Å². The topological polar surface area (TPSA) is 71.7 Å². The predicted molar refractivity (Wildman–Crippen MR) is 123 cm³/mol. The van der Waals surface area contributed by atoms with Gasteiger partial charge in [-0.2, -0.15) is 4.98 Å². The van der Waals surface area contributed by atoms with Crippen LogP contribution in [0.3, 0.4) is 0 Å². The Kier molecular flexibility index (Phi) is 7.25. The molecule has 0 N–H and O–H groups in total. The van der Waals surface area contributed by atoms with Gasteiger partial charge in [-0.05, 0) is 48.9 Å². The van der Waals surface area contributed by atoms with Gasteiger partial charge in [0.05, 0.1) is 7.11 Å². The highest BCUT2D eigenvalue weighted by Crippen LogP contribution is 2.25. The molecule has 0 aliphatic carbocycles. The highest BCUT2D eigenvalue weighted by molar-refractivity contribution is 6.30. The number of aromatic nitrogens is 2. The van der Waals surface area contributed by atoms with Crippen molar-refractivity contribution in [2.45, 2.75) is 26.3 Å². The van der Waals surface area contributed by atoms with Crippen molar-refractivity contribution in [2.75, 3.05) is 33.3 Å².